The molecule has 0 atom stereocenters. The number of nitrogens with one attached hydrogen (secondary N) is 1. The van der Waals surface area contributed by atoms with E-state index < -0.39 is 11.6 Å². The summed E-state index contributed by atoms with van der Waals surface area (Å²) in [6, 6.07) is 10.5. The summed E-state index contributed by atoms with van der Waals surface area (Å²) in [5.74, 6) is -1.42. The van der Waals surface area contributed by atoms with Gasteiger partial charge in [0.15, 0.2) is 11.6 Å². The Morgan fingerprint density at radius 2 is 1.70 bits per heavy atom. The van der Waals surface area contributed by atoms with Crippen LogP contribution in [0.5, 0.6) is 0 Å². The van der Waals surface area contributed by atoms with Gasteiger partial charge in [0, 0.05) is 49.7 Å². The van der Waals surface area contributed by atoms with Crippen LogP contribution in [0, 0.1) is 18.6 Å². The largest absolute Gasteiger partial charge is 0.369 e. The minimum absolute atomic E-state index is 0.390. The van der Waals surface area contributed by atoms with Crippen LogP contribution in [0.15, 0.2) is 42.7 Å². The van der Waals surface area contributed by atoms with Gasteiger partial charge in [0.1, 0.15) is 6.33 Å². The quantitative estimate of drug-likeness (QED) is 0.683. The highest BCUT2D eigenvalue weighted by Gasteiger charge is 2.19. The first-order chi connectivity index (χ1) is 14.4. The van der Waals surface area contributed by atoms with Crippen molar-refractivity contribution >= 4 is 17.3 Å². The summed E-state index contributed by atoms with van der Waals surface area (Å²) in [7, 11) is 0. The van der Waals surface area contributed by atoms with E-state index in [4.69, 9.17) is 0 Å². The highest BCUT2D eigenvalue weighted by Crippen LogP contribution is 2.25. The number of hydrogen-bond acceptors (Lipinski definition) is 5. The molecule has 1 saturated heterocycles. The Morgan fingerprint density at radius 1 is 0.933 bits per heavy atom. The van der Waals surface area contributed by atoms with Gasteiger partial charge in [-0.15, -0.1) is 5.10 Å². The standard InChI is InChI=1S/C22H26F2N6/c1-15(2)28-6-8-29(9-7-28)19-11-16(3)10-17(12-19)26-22-25-14-30(27-22)18-4-5-20(23)21(24)13-18/h4-5,10-15H,6-9H2,1-3H3,(H,26,27). The van der Waals surface area contributed by atoms with Crippen molar-refractivity contribution in [3.05, 3.63) is 59.9 Å². The minimum Gasteiger partial charge on any atom is -0.369 e. The smallest absolute Gasteiger partial charge is 0.246 e. The van der Waals surface area contributed by atoms with Crippen LogP contribution in [0.2, 0.25) is 0 Å². The molecule has 4 rings (SSSR count). The average Bonchev–Trinajstić information content (AvgIpc) is 3.18. The van der Waals surface area contributed by atoms with E-state index in [2.05, 4.69) is 58.1 Å². The zero-order valence-electron chi connectivity index (χ0n) is 17.4. The maximum Gasteiger partial charge on any atom is 0.246 e. The maximum atomic E-state index is 13.5. The van der Waals surface area contributed by atoms with Crippen LogP contribution in [0.4, 0.5) is 26.1 Å². The van der Waals surface area contributed by atoms with E-state index in [1.54, 1.807) is 0 Å². The number of aryl methyl sites for hydroxylation is 1. The summed E-state index contributed by atoms with van der Waals surface area (Å²) >= 11 is 0. The van der Waals surface area contributed by atoms with Crippen molar-refractivity contribution in [2.75, 3.05) is 36.4 Å². The second-order valence-electron chi connectivity index (χ2n) is 7.91. The van der Waals surface area contributed by atoms with Crippen molar-refractivity contribution in [3.8, 4) is 5.69 Å². The van der Waals surface area contributed by atoms with Gasteiger partial charge in [0.05, 0.1) is 5.69 Å². The molecule has 6 nitrogen and oxygen atoms in total. The molecule has 8 heteroatoms. The van der Waals surface area contributed by atoms with Crippen LogP contribution >= 0.6 is 0 Å². The molecule has 1 aromatic heterocycles. The predicted octanol–water partition coefficient (Wildman–Crippen LogP) is 4.13. The molecule has 0 spiro atoms. The van der Waals surface area contributed by atoms with Gasteiger partial charge in [0.2, 0.25) is 5.95 Å². The summed E-state index contributed by atoms with van der Waals surface area (Å²) in [6.07, 6.45) is 1.47. The molecule has 0 aliphatic carbocycles. The molecule has 0 saturated carbocycles. The first-order valence-electron chi connectivity index (χ1n) is 10.1. The lowest BCUT2D eigenvalue weighted by molar-refractivity contribution is 0.209. The zero-order valence-corrected chi connectivity index (χ0v) is 17.4. The van der Waals surface area contributed by atoms with E-state index in [1.165, 1.54) is 22.8 Å². The molecule has 1 aliphatic rings. The van der Waals surface area contributed by atoms with Crippen LogP contribution in [-0.4, -0.2) is 51.9 Å². The van der Waals surface area contributed by atoms with E-state index in [0.717, 1.165) is 49.6 Å². The first kappa shape index (κ1) is 20.3. The Bertz CT molecular complexity index is 1020. The molecular formula is C22H26F2N6. The second kappa shape index (κ2) is 8.39. The van der Waals surface area contributed by atoms with Crippen LogP contribution in [0.25, 0.3) is 5.69 Å². The van der Waals surface area contributed by atoms with E-state index in [0.29, 0.717) is 17.7 Å². The summed E-state index contributed by atoms with van der Waals surface area (Å²) in [4.78, 5) is 9.13. The van der Waals surface area contributed by atoms with Crippen molar-refractivity contribution in [1.82, 2.24) is 19.7 Å². The molecule has 0 amide bonds. The molecule has 2 aromatic carbocycles. The van der Waals surface area contributed by atoms with Crippen molar-refractivity contribution < 1.29 is 8.78 Å². The molecule has 0 unspecified atom stereocenters. The topological polar surface area (TPSA) is 49.2 Å². The fourth-order valence-electron chi connectivity index (χ4n) is 3.72. The Kier molecular flexibility index (Phi) is 5.67. The summed E-state index contributed by atoms with van der Waals surface area (Å²) in [5, 5.41) is 7.55. The normalized spacial score (nSPS) is 15.1. The van der Waals surface area contributed by atoms with Gasteiger partial charge in [-0.2, -0.15) is 4.98 Å². The Balaban J connectivity index is 1.49. The van der Waals surface area contributed by atoms with Crippen molar-refractivity contribution in [3.63, 3.8) is 0 Å². The second-order valence-corrected chi connectivity index (χ2v) is 7.91. The fraction of sp³-hybridized carbons (Fsp3) is 0.364. The predicted molar refractivity (Wildman–Crippen MR) is 115 cm³/mol. The summed E-state index contributed by atoms with van der Waals surface area (Å²) < 4.78 is 28.1. The van der Waals surface area contributed by atoms with Gasteiger partial charge in [-0.25, -0.2) is 13.5 Å². The summed E-state index contributed by atoms with van der Waals surface area (Å²) in [6.45, 7) is 10.6. The Labute approximate surface area is 175 Å². The van der Waals surface area contributed by atoms with Crippen LogP contribution in [0.3, 0.4) is 0 Å². The molecule has 1 N–H and O–H groups in total. The molecule has 0 radical (unpaired) electrons. The van der Waals surface area contributed by atoms with Crippen LogP contribution in [-0.2, 0) is 0 Å². The molecule has 30 heavy (non-hydrogen) atoms. The lowest BCUT2D eigenvalue weighted by Gasteiger charge is -2.38. The number of halogens is 2. The SMILES string of the molecule is Cc1cc(Nc2ncn(-c3ccc(F)c(F)c3)n2)cc(N2CCN(C(C)C)CC2)c1. The van der Waals surface area contributed by atoms with Gasteiger partial charge in [-0.05, 0) is 56.7 Å². The fourth-order valence-corrected chi connectivity index (χ4v) is 3.72. The average molecular weight is 412 g/mol. The van der Waals surface area contributed by atoms with E-state index in [-0.39, 0.29) is 0 Å². The van der Waals surface area contributed by atoms with Gasteiger partial charge < -0.3 is 10.2 Å². The van der Waals surface area contributed by atoms with Crippen molar-refractivity contribution in [1.29, 1.82) is 0 Å². The van der Waals surface area contributed by atoms with Gasteiger partial charge in [-0.3, -0.25) is 4.90 Å². The third-order valence-electron chi connectivity index (χ3n) is 5.39. The first-order valence-corrected chi connectivity index (χ1v) is 10.1. The number of piperazine rings is 1. The van der Waals surface area contributed by atoms with E-state index in [1.807, 2.05) is 6.07 Å². The monoisotopic (exact) mass is 412 g/mol. The summed E-state index contributed by atoms with van der Waals surface area (Å²) in [5.41, 5.74) is 3.60. The highest BCUT2D eigenvalue weighted by molar-refractivity contribution is 5.64. The molecule has 158 valence electrons. The third-order valence-corrected chi connectivity index (χ3v) is 5.39. The molecule has 1 aliphatic heterocycles. The number of nitrogens with zero attached hydrogens (tertiary/aromatic N) is 5. The van der Waals surface area contributed by atoms with Crippen molar-refractivity contribution in [2.45, 2.75) is 26.8 Å². The Hall–Kier alpha value is -3.00. The molecule has 2 heterocycles. The zero-order chi connectivity index (χ0) is 21.3. The number of anilines is 3. The third kappa shape index (κ3) is 4.43. The number of hydrogen-bond donors (Lipinski definition) is 1. The highest BCUT2D eigenvalue weighted by atomic mass is 19.2. The molecule has 3 aromatic rings. The van der Waals surface area contributed by atoms with Gasteiger partial charge in [0.25, 0.3) is 0 Å². The number of rotatable bonds is 5. The van der Waals surface area contributed by atoms with E-state index >= 15 is 0 Å². The van der Waals surface area contributed by atoms with Crippen molar-refractivity contribution in [2.24, 2.45) is 0 Å². The minimum atomic E-state index is -0.918. The lowest BCUT2D eigenvalue weighted by atomic mass is 10.1. The maximum absolute atomic E-state index is 13.5. The number of benzene rings is 2. The Morgan fingerprint density at radius 3 is 2.40 bits per heavy atom. The van der Waals surface area contributed by atoms with Gasteiger partial charge in [-0.1, -0.05) is 0 Å². The van der Waals surface area contributed by atoms with Crippen LogP contribution < -0.4 is 10.2 Å². The molecule has 1 fully saturated rings. The molecule has 0 bridgehead atoms. The van der Waals surface area contributed by atoms with Crippen LogP contribution in [0.1, 0.15) is 19.4 Å². The van der Waals surface area contributed by atoms with E-state index in [9.17, 15) is 8.78 Å². The molecular weight excluding hydrogens is 386 g/mol. The lowest BCUT2D eigenvalue weighted by Crippen LogP contribution is -2.48. The number of aromatic nitrogens is 3. The van der Waals surface area contributed by atoms with Gasteiger partial charge >= 0.3 is 0 Å².